The van der Waals surface area contributed by atoms with Crippen LogP contribution >= 0.6 is 11.3 Å². The van der Waals surface area contributed by atoms with Crippen molar-refractivity contribution >= 4 is 27.4 Å². The zero-order valence-corrected chi connectivity index (χ0v) is 24.8. The molecule has 0 aliphatic carbocycles. The maximum absolute atomic E-state index is 12.0. The number of aliphatic hydroxyl groups excluding tert-OH is 4. The molecule has 4 N–H and O–H groups in total. The van der Waals surface area contributed by atoms with Gasteiger partial charge < -0.3 is 29.9 Å². The van der Waals surface area contributed by atoms with Gasteiger partial charge >= 0.3 is 5.97 Å². The van der Waals surface area contributed by atoms with Crippen molar-refractivity contribution in [2.75, 3.05) is 13.2 Å². The van der Waals surface area contributed by atoms with Crippen molar-refractivity contribution < 1.29 is 34.7 Å². The first-order valence-electron chi connectivity index (χ1n) is 14.2. The Morgan fingerprint density at radius 1 is 0.875 bits per heavy atom. The molecule has 0 amide bonds. The third kappa shape index (κ3) is 9.01. The van der Waals surface area contributed by atoms with Crippen LogP contribution in [0.2, 0.25) is 0 Å². The third-order valence-corrected chi connectivity index (χ3v) is 8.65. The summed E-state index contributed by atoms with van der Waals surface area (Å²) in [5.41, 5.74) is 1.94. The molecular weight excluding hydrogens is 528 g/mol. The minimum Gasteiger partial charge on any atom is -0.493 e. The molecule has 0 bridgehead atoms. The summed E-state index contributed by atoms with van der Waals surface area (Å²) in [6, 6.07) is 16.7. The van der Waals surface area contributed by atoms with Crippen LogP contribution in [0, 0.1) is 5.41 Å². The molecule has 40 heavy (non-hydrogen) atoms. The first kappa shape index (κ1) is 32.0. The number of esters is 1. The van der Waals surface area contributed by atoms with Gasteiger partial charge in [0.25, 0.3) is 0 Å². The summed E-state index contributed by atoms with van der Waals surface area (Å²) in [4.78, 5) is 13.2. The van der Waals surface area contributed by atoms with Gasteiger partial charge in [-0.15, -0.1) is 11.3 Å². The molecule has 0 radical (unpaired) electrons. The maximum Gasteiger partial charge on any atom is 0.311 e. The van der Waals surface area contributed by atoms with E-state index in [4.69, 9.17) is 9.47 Å². The second-order valence-corrected chi connectivity index (χ2v) is 12.1. The number of benzene rings is 2. The number of carbonyl (C=O) groups excluding carboxylic acids is 1. The molecule has 0 fully saturated rings. The SMILES string of the molecule is CCc1ccc(-c2cc3ccc(OCCC(O)C(O)CC(O)C(O)CCCOC(=O)C(C)(C)CC)cc3s2)cc1. The van der Waals surface area contributed by atoms with Crippen molar-refractivity contribution in [2.45, 2.75) is 90.6 Å². The van der Waals surface area contributed by atoms with Gasteiger partial charge in [-0.25, -0.2) is 0 Å². The zero-order valence-electron chi connectivity index (χ0n) is 24.0. The number of thiophene rings is 1. The fourth-order valence-electron chi connectivity index (χ4n) is 4.19. The van der Waals surface area contributed by atoms with Crippen molar-refractivity contribution in [2.24, 2.45) is 5.41 Å². The number of carbonyl (C=O) groups is 1. The van der Waals surface area contributed by atoms with Gasteiger partial charge in [0.05, 0.1) is 43.0 Å². The standard InChI is InChI=1S/C32H44O7S/c1-5-21-9-11-22(12-10-21)29-18-23-13-14-24(19-30(23)40-29)38-17-15-26(34)28(36)20-27(35)25(33)8-7-16-39-31(37)32(3,4)6-2/h9-14,18-19,25-28,33-36H,5-8,15-17,20H2,1-4H3. The fraction of sp³-hybridized carbons (Fsp3) is 0.531. The molecule has 3 aromatic rings. The van der Waals surface area contributed by atoms with E-state index in [2.05, 4.69) is 37.3 Å². The number of hydrogen-bond donors (Lipinski definition) is 4. The topological polar surface area (TPSA) is 116 Å². The van der Waals surface area contributed by atoms with Crippen molar-refractivity contribution in [3.8, 4) is 16.2 Å². The highest BCUT2D eigenvalue weighted by atomic mass is 32.1. The quantitative estimate of drug-likeness (QED) is 0.132. The highest BCUT2D eigenvalue weighted by Crippen LogP contribution is 2.35. The van der Waals surface area contributed by atoms with E-state index in [0.29, 0.717) is 18.6 Å². The normalized spacial score (nSPS) is 15.0. The number of aryl methyl sites for hydroxylation is 1. The van der Waals surface area contributed by atoms with Crippen molar-refractivity contribution in [3.05, 3.63) is 54.1 Å². The van der Waals surface area contributed by atoms with Crippen LogP contribution < -0.4 is 4.74 Å². The van der Waals surface area contributed by atoms with E-state index in [-0.39, 0.29) is 38.4 Å². The highest BCUT2D eigenvalue weighted by Gasteiger charge is 2.27. The molecule has 1 heterocycles. The van der Waals surface area contributed by atoms with Crippen molar-refractivity contribution in [1.29, 1.82) is 0 Å². The van der Waals surface area contributed by atoms with E-state index in [0.717, 1.165) is 16.5 Å². The highest BCUT2D eigenvalue weighted by molar-refractivity contribution is 7.22. The molecule has 220 valence electrons. The smallest absolute Gasteiger partial charge is 0.311 e. The first-order valence-corrected chi connectivity index (χ1v) is 15.0. The molecule has 4 unspecified atom stereocenters. The van der Waals surface area contributed by atoms with Crippen LogP contribution in [0.1, 0.15) is 65.4 Å². The van der Waals surface area contributed by atoms with E-state index in [1.54, 1.807) is 11.3 Å². The molecule has 0 spiro atoms. The van der Waals surface area contributed by atoms with E-state index < -0.39 is 29.8 Å². The molecular formula is C32H44O7S. The van der Waals surface area contributed by atoms with Gasteiger partial charge in [0, 0.05) is 22.4 Å². The predicted octanol–water partition coefficient (Wildman–Crippen LogP) is 5.49. The monoisotopic (exact) mass is 572 g/mol. The summed E-state index contributed by atoms with van der Waals surface area (Å²) in [5.74, 6) is 0.394. The Bertz CT molecular complexity index is 1200. The number of hydrogen-bond acceptors (Lipinski definition) is 8. The largest absolute Gasteiger partial charge is 0.493 e. The molecule has 1 aromatic heterocycles. The second-order valence-electron chi connectivity index (χ2n) is 11.0. The molecule has 4 atom stereocenters. The van der Waals surface area contributed by atoms with Crippen molar-refractivity contribution in [1.82, 2.24) is 0 Å². The van der Waals surface area contributed by atoms with Gasteiger partial charge in [0.2, 0.25) is 0 Å². The van der Waals surface area contributed by atoms with Gasteiger partial charge in [-0.05, 0) is 80.3 Å². The van der Waals surface area contributed by atoms with Gasteiger partial charge in [-0.3, -0.25) is 4.79 Å². The van der Waals surface area contributed by atoms with Gasteiger partial charge in [0.1, 0.15) is 5.75 Å². The zero-order chi connectivity index (χ0) is 29.3. The van der Waals surface area contributed by atoms with Crippen LogP contribution in [0.5, 0.6) is 5.75 Å². The summed E-state index contributed by atoms with van der Waals surface area (Å²) < 4.78 is 12.2. The Morgan fingerprint density at radius 3 is 2.20 bits per heavy atom. The van der Waals surface area contributed by atoms with Crippen molar-refractivity contribution in [3.63, 3.8) is 0 Å². The second kappa shape index (κ2) is 14.9. The Hall–Kier alpha value is -2.49. The van der Waals surface area contributed by atoms with E-state index >= 15 is 0 Å². The van der Waals surface area contributed by atoms with Crippen LogP contribution in [0.25, 0.3) is 20.5 Å². The summed E-state index contributed by atoms with van der Waals surface area (Å²) >= 11 is 1.70. The van der Waals surface area contributed by atoms with E-state index in [9.17, 15) is 25.2 Å². The lowest BCUT2D eigenvalue weighted by molar-refractivity contribution is -0.154. The van der Waals surface area contributed by atoms with Crippen LogP contribution in [0.3, 0.4) is 0 Å². The molecule has 0 saturated heterocycles. The number of rotatable bonds is 16. The lowest BCUT2D eigenvalue weighted by Crippen LogP contribution is -2.36. The van der Waals surface area contributed by atoms with Crippen LogP contribution in [-0.4, -0.2) is 64.0 Å². The van der Waals surface area contributed by atoms with Crippen LogP contribution in [0.15, 0.2) is 48.5 Å². The molecule has 7 nitrogen and oxygen atoms in total. The number of fused-ring (bicyclic) bond motifs is 1. The first-order chi connectivity index (χ1) is 19.0. The minimum atomic E-state index is -1.21. The summed E-state index contributed by atoms with van der Waals surface area (Å²) in [6.45, 7) is 8.04. The van der Waals surface area contributed by atoms with Gasteiger partial charge in [-0.2, -0.15) is 0 Å². The average molecular weight is 573 g/mol. The molecule has 0 aliphatic rings. The Labute approximate surface area is 241 Å². The predicted molar refractivity (Wildman–Crippen MR) is 160 cm³/mol. The summed E-state index contributed by atoms with van der Waals surface area (Å²) in [7, 11) is 0. The van der Waals surface area contributed by atoms with Crippen LogP contribution in [-0.2, 0) is 16.0 Å². The minimum absolute atomic E-state index is 0.152. The molecule has 0 saturated carbocycles. The lowest BCUT2D eigenvalue weighted by atomic mass is 9.91. The lowest BCUT2D eigenvalue weighted by Gasteiger charge is -2.24. The fourth-order valence-corrected chi connectivity index (χ4v) is 5.29. The summed E-state index contributed by atoms with van der Waals surface area (Å²) in [6.07, 6.45) is -2.35. The maximum atomic E-state index is 12.0. The number of aliphatic hydroxyl groups is 4. The average Bonchev–Trinajstić information content (AvgIpc) is 3.38. The molecule has 2 aromatic carbocycles. The summed E-state index contributed by atoms with van der Waals surface area (Å²) in [5, 5.41) is 42.3. The number of ether oxygens (including phenoxy) is 2. The van der Waals surface area contributed by atoms with E-state index in [1.807, 2.05) is 39.0 Å². The Balaban J connectivity index is 1.40. The third-order valence-electron chi connectivity index (χ3n) is 7.51. The Morgan fingerprint density at radius 2 is 1.55 bits per heavy atom. The van der Waals surface area contributed by atoms with Gasteiger partial charge in [-0.1, -0.05) is 38.1 Å². The Kier molecular flexibility index (Phi) is 12.0. The van der Waals surface area contributed by atoms with Gasteiger partial charge in [0.15, 0.2) is 0 Å². The van der Waals surface area contributed by atoms with Crippen LogP contribution in [0.4, 0.5) is 0 Å². The molecule has 0 aliphatic heterocycles. The molecule has 3 rings (SSSR count). The van der Waals surface area contributed by atoms with E-state index in [1.165, 1.54) is 16.0 Å². The molecule has 8 heteroatoms.